The number of epoxide rings is 2. The van der Waals surface area contributed by atoms with Crippen molar-refractivity contribution in [2.75, 3.05) is 40.1 Å². The molecule has 2 aliphatic rings. The molecule has 2 saturated heterocycles. The number of rotatable bonds is 16. The first-order valence-electron chi connectivity index (χ1n) is 17.3. The third kappa shape index (κ3) is 10.5. The molecule has 2 heterocycles. The Balaban J connectivity index is 0.000000193. The average Bonchev–Trinajstić information content (AvgIpc) is 4.07. The topological polar surface area (TPSA) is 82.2 Å². The summed E-state index contributed by atoms with van der Waals surface area (Å²) in [5.41, 5.74) is 4.77. The van der Waals surface area contributed by atoms with Gasteiger partial charge in [-0.1, -0.05) is 83.1 Å². The van der Waals surface area contributed by atoms with Crippen LogP contribution in [0.3, 0.4) is 0 Å². The minimum Gasteiger partial charge on any atom is -0.497 e. The summed E-state index contributed by atoms with van der Waals surface area (Å²) < 4.78 is 32.7. The van der Waals surface area contributed by atoms with Gasteiger partial charge in [0.25, 0.3) is 0 Å². The molecule has 7 nitrogen and oxygen atoms in total. The lowest BCUT2D eigenvalue weighted by Crippen LogP contribution is -2.19. The van der Waals surface area contributed by atoms with Crippen LogP contribution in [0.2, 0.25) is 0 Å². The fourth-order valence-corrected chi connectivity index (χ4v) is 5.45. The molecule has 0 saturated carbocycles. The van der Waals surface area contributed by atoms with Crippen LogP contribution in [0.1, 0.15) is 69.7 Å². The van der Waals surface area contributed by atoms with E-state index in [2.05, 4.69) is 88.4 Å². The SMILES string of the molecule is CC(C)(c1ccc(OCCC2CO2)cc1)c1ccc(OCC2CO2)cc1.CCC(O)COc1ccc(C(C)(C)c2ccc(OC)cc2)cc1. The molecule has 2 fully saturated rings. The van der Waals surface area contributed by atoms with E-state index in [4.69, 9.17) is 28.4 Å². The predicted molar refractivity (Wildman–Crippen MR) is 193 cm³/mol. The molecule has 0 bridgehead atoms. The first-order valence-corrected chi connectivity index (χ1v) is 17.3. The van der Waals surface area contributed by atoms with Gasteiger partial charge in [0.05, 0.1) is 39.1 Å². The molecular formula is C42H52O7. The predicted octanol–water partition coefficient (Wildman–Crippen LogP) is 8.13. The Bertz CT molecular complexity index is 1550. The molecule has 7 heteroatoms. The highest BCUT2D eigenvalue weighted by Gasteiger charge is 2.26. The molecule has 2 aliphatic heterocycles. The summed E-state index contributed by atoms with van der Waals surface area (Å²) in [5.74, 6) is 3.45. The number of hydrogen-bond acceptors (Lipinski definition) is 7. The average molecular weight is 669 g/mol. The maximum Gasteiger partial charge on any atom is 0.119 e. The molecule has 49 heavy (non-hydrogen) atoms. The van der Waals surface area contributed by atoms with Gasteiger partial charge in [-0.05, 0) is 77.2 Å². The standard InChI is InChI=1S/C22H26O4.C20H26O3/c1-22(2,17-5-9-19(10-6-17)24-14-21-15-26-21)16-3-7-18(8-4-16)23-12-11-20-13-25-20;1-5-17(21)14-23-19-12-8-16(9-13-19)20(2,3)15-6-10-18(22-4)11-7-15/h3-10,20-21H,11-15H2,1-2H3;6-13,17,21H,5,14H2,1-4H3. The van der Waals surface area contributed by atoms with Crippen LogP contribution >= 0.6 is 0 Å². The molecule has 0 amide bonds. The maximum atomic E-state index is 9.56. The lowest BCUT2D eigenvalue weighted by Gasteiger charge is -2.26. The highest BCUT2D eigenvalue weighted by Crippen LogP contribution is 2.35. The Morgan fingerprint density at radius 1 is 0.612 bits per heavy atom. The van der Waals surface area contributed by atoms with Crippen LogP contribution in [0, 0.1) is 0 Å². The molecular weight excluding hydrogens is 616 g/mol. The summed E-state index contributed by atoms with van der Waals surface area (Å²) in [7, 11) is 1.67. The number of methoxy groups -OCH3 is 1. The van der Waals surface area contributed by atoms with Crippen LogP contribution in [-0.4, -0.2) is 63.6 Å². The summed E-state index contributed by atoms with van der Waals surface area (Å²) in [6.07, 6.45) is 1.95. The van der Waals surface area contributed by atoms with Gasteiger partial charge in [0.2, 0.25) is 0 Å². The molecule has 4 aromatic rings. The van der Waals surface area contributed by atoms with E-state index < -0.39 is 6.10 Å². The minimum absolute atomic E-state index is 0.0848. The molecule has 0 aliphatic carbocycles. The van der Waals surface area contributed by atoms with Crippen LogP contribution in [0.25, 0.3) is 0 Å². The highest BCUT2D eigenvalue weighted by atomic mass is 16.6. The monoisotopic (exact) mass is 668 g/mol. The third-order valence-corrected chi connectivity index (χ3v) is 9.40. The Morgan fingerprint density at radius 2 is 1.00 bits per heavy atom. The van der Waals surface area contributed by atoms with Gasteiger partial charge in [0.15, 0.2) is 0 Å². The van der Waals surface area contributed by atoms with Crippen LogP contribution < -0.4 is 18.9 Å². The number of hydrogen-bond donors (Lipinski definition) is 1. The van der Waals surface area contributed by atoms with Crippen LogP contribution in [0.4, 0.5) is 0 Å². The van der Waals surface area contributed by atoms with Gasteiger partial charge in [0.1, 0.15) is 42.3 Å². The molecule has 0 aromatic heterocycles. The van der Waals surface area contributed by atoms with Crippen molar-refractivity contribution >= 4 is 0 Å². The highest BCUT2D eigenvalue weighted by molar-refractivity contribution is 5.43. The molecule has 4 aromatic carbocycles. The van der Waals surface area contributed by atoms with Crippen molar-refractivity contribution < 1.29 is 33.5 Å². The van der Waals surface area contributed by atoms with E-state index in [9.17, 15) is 5.11 Å². The van der Waals surface area contributed by atoms with E-state index in [1.807, 2.05) is 43.3 Å². The normalized spacial score (nSPS) is 17.3. The van der Waals surface area contributed by atoms with Crippen molar-refractivity contribution in [3.8, 4) is 23.0 Å². The van der Waals surface area contributed by atoms with Gasteiger partial charge < -0.3 is 33.5 Å². The van der Waals surface area contributed by atoms with Crippen molar-refractivity contribution in [3.63, 3.8) is 0 Å². The zero-order valence-electron chi connectivity index (χ0n) is 29.8. The van der Waals surface area contributed by atoms with E-state index in [1.165, 1.54) is 22.3 Å². The van der Waals surface area contributed by atoms with E-state index >= 15 is 0 Å². The summed E-state index contributed by atoms with van der Waals surface area (Å²) in [4.78, 5) is 0. The fourth-order valence-electron chi connectivity index (χ4n) is 5.45. The Kier molecular flexibility index (Phi) is 12.3. The van der Waals surface area contributed by atoms with Gasteiger partial charge in [0, 0.05) is 17.3 Å². The van der Waals surface area contributed by atoms with Crippen LogP contribution in [-0.2, 0) is 20.3 Å². The van der Waals surface area contributed by atoms with Gasteiger partial charge in [-0.3, -0.25) is 0 Å². The molecule has 262 valence electrons. The molecule has 6 rings (SSSR count). The second kappa shape index (κ2) is 16.6. The fraction of sp³-hybridized carbons (Fsp3) is 0.429. The number of aliphatic hydroxyl groups excluding tert-OH is 1. The quantitative estimate of drug-likeness (QED) is 0.121. The van der Waals surface area contributed by atoms with Crippen molar-refractivity contribution in [1.82, 2.24) is 0 Å². The van der Waals surface area contributed by atoms with E-state index in [0.717, 1.165) is 42.6 Å². The molecule has 0 radical (unpaired) electrons. The van der Waals surface area contributed by atoms with Gasteiger partial charge in [-0.15, -0.1) is 0 Å². The zero-order chi connectivity index (χ0) is 34.9. The van der Waals surface area contributed by atoms with Gasteiger partial charge in [-0.25, -0.2) is 0 Å². The summed E-state index contributed by atoms with van der Waals surface area (Å²) in [5, 5.41) is 9.56. The van der Waals surface area contributed by atoms with Crippen molar-refractivity contribution in [3.05, 3.63) is 119 Å². The van der Waals surface area contributed by atoms with E-state index in [-0.39, 0.29) is 16.9 Å². The van der Waals surface area contributed by atoms with Gasteiger partial charge in [-0.2, -0.15) is 0 Å². The maximum absolute atomic E-state index is 9.56. The number of benzene rings is 4. The number of aliphatic hydroxyl groups is 1. The summed E-state index contributed by atoms with van der Waals surface area (Å²) >= 11 is 0. The Hall–Kier alpha value is -4.04. The van der Waals surface area contributed by atoms with Gasteiger partial charge >= 0.3 is 0 Å². The molecule has 3 atom stereocenters. The van der Waals surface area contributed by atoms with Crippen molar-refractivity contribution in [1.29, 1.82) is 0 Å². The lowest BCUT2D eigenvalue weighted by molar-refractivity contribution is 0.104. The lowest BCUT2D eigenvalue weighted by atomic mass is 9.78. The molecule has 0 spiro atoms. The second-order valence-electron chi connectivity index (χ2n) is 13.8. The zero-order valence-corrected chi connectivity index (χ0v) is 29.8. The third-order valence-electron chi connectivity index (χ3n) is 9.40. The van der Waals surface area contributed by atoms with Crippen LogP contribution in [0.5, 0.6) is 23.0 Å². The smallest absolute Gasteiger partial charge is 0.119 e. The van der Waals surface area contributed by atoms with Crippen molar-refractivity contribution in [2.45, 2.75) is 76.6 Å². The van der Waals surface area contributed by atoms with E-state index in [1.54, 1.807) is 7.11 Å². The van der Waals surface area contributed by atoms with Crippen molar-refractivity contribution in [2.24, 2.45) is 0 Å². The van der Waals surface area contributed by atoms with E-state index in [0.29, 0.717) is 32.3 Å². The second-order valence-corrected chi connectivity index (χ2v) is 13.8. The summed E-state index contributed by atoms with van der Waals surface area (Å²) in [6, 6.07) is 33.0. The first-order chi connectivity index (χ1) is 23.6. The molecule has 1 N–H and O–H groups in total. The minimum atomic E-state index is -0.412. The Morgan fingerprint density at radius 3 is 1.39 bits per heavy atom. The first kappa shape index (κ1) is 36.2. The number of ether oxygens (including phenoxy) is 6. The largest absolute Gasteiger partial charge is 0.497 e. The summed E-state index contributed by atoms with van der Waals surface area (Å²) in [6.45, 7) is 14.2. The Labute approximate surface area is 292 Å². The molecule has 3 unspecified atom stereocenters. The van der Waals surface area contributed by atoms with Crippen LogP contribution in [0.15, 0.2) is 97.1 Å².